The standard InChI is InChI=1S/C24H29F3N2O5S/c1-23(2,3)22(30)29-14-6-7-20(29)19-15-16(28(4)35(5,31)32)8-13-21(19)33-17-9-11-18(12-10-17)34-24(25,26)27/h8-13,15,20H,6-7,14H2,1-5H3. The fourth-order valence-electron chi connectivity index (χ4n) is 3.88. The summed E-state index contributed by atoms with van der Waals surface area (Å²) in [6.45, 7) is 6.05. The molecule has 1 saturated heterocycles. The van der Waals surface area contributed by atoms with Crippen LogP contribution in [0.25, 0.3) is 0 Å². The molecule has 11 heteroatoms. The third kappa shape index (κ3) is 6.59. The molecule has 0 aliphatic carbocycles. The number of sulfonamides is 1. The van der Waals surface area contributed by atoms with Gasteiger partial charge in [-0.05, 0) is 55.3 Å². The Labute approximate surface area is 203 Å². The smallest absolute Gasteiger partial charge is 0.457 e. The summed E-state index contributed by atoms with van der Waals surface area (Å²) >= 11 is 0. The Morgan fingerprint density at radius 2 is 1.66 bits per heavy atom. The average molecular weight is 515 g/mol. The molecule has 1 heterocycles. The van der Waals surface area contributed by atoms with Crippen molar-refractivity contribution in [1.82, 2.24) is 4.90 Å². The Balaban J connectivity index is 2.00. The van der Waals surface area contributed by atoms with Gasteiger partial charge in [-0.15, -0.1) is 13.2 Å². The van der Waals surface area contributed by atoms with Gasteiger partial charge in [0.2, 0.25) is 15.9 Å². The van der Waals surface area contributed by atoms with Crippen molar-refractivity contribution in [1.29, 1.82) is 0 Å². The second kappa shape index (κ2) is 9.60. The number of amides is 1. The molecule has 0 radical (unpaired) electrons. The van der Waals surface area contributed by atoms with Crippen LogP contribution in [-0.2, 0) is 14.8 Å². The molecule has 0 N–H and O–H groups in total. The zero-order chi connectivity index (χ0) is 26.2. The van der Waals surface area contributed by atoms with Gasteiger partial charge in [0.1, 0.15) is 17.2 Å². The molecule has 35 heavy (non-hydrogen) atoms. The minimum atomic E-state index is -4.80. The molecule has 1 unspecified atom stereocenters. The van der Waals surface area contributed by atoms with Crippen LogP contribution in [-0.4, -0.2) is 45.4 Å². The molecule has 2 aromatic carbocycles. The molecule has 2 aromatic rings. The van der Waals surface area contributed by atoms with E-state index in [0.29, 0.717) is 30.0 Å². The maximum Gasteiger partial charge on any atom is 0.573 e. The van der Waals surface area contributed by atoms with E-state index in [9.17, 15) is 26.4 Å². The quantitative estimate of drug-likeness (QED) is 0.510. The Morgan fingerprint density at radius 1 is 1.06 bits per heavy atom. The number of rotatable bonds is 6. The first-order chi connectivity index (χ1) is 16.1. The topological polar surface area (TPSA) is 76.2 Å². The van der Waals surface area contributed by atoms with Crippen LogP contribution in [0.1, 0.15) is 45.2 Å². The zero-order valence-corrected chi connectivity index (χ0v) is 21.0. The van der Waals surface area contributed by atoms with Crippen molar-refractivity contribution in [3.05, 3.63) is 48.0 Å². The number of benzene rings is 2. The molecule has 1 aliphatic rings. The lowest BCUT2D eigenvalue weighted by Crippen LogP contribution is -2.39. The first-order valence-electron chi connectivity index (χ1n) is 11.0. The molecular formula is C24H29F3N2O5S. The fourth-order valence-corrected chi connectivity index (χ4v) is 4.37. The first-order valence-corrected chi connectivity index (χ1v) is 12.8. The molecule has 0 spiro atoms. The summed E-state index contributed by atoms with van der Waals surface area (Å²) in [5.41, 5.74) is 0.404. The van der Waals surface area contributed by atoms with Gasteiger partial charge in [0.05, 0.1) is 18.0 Å². The number of hydrogen-bond acceptors (Lipinski definition) is 5. The van der Waals surface area contributed by atoms with Crippen molar-refractivity contribution in [3.8, 4) is 17.2 Å². The summed E-state index contributed by atoms with van der Waals surface area (Å²) in [6, 6.07) is 9.46. The molecule has 1 aliphatic heterocycles. The van der Waals surface area contributed by atoms with E-state index in [1.807, 2.05) is 20.8 Å². The number of likely N-dealkylation sites (tertiary alicyclic amines) is 1. The molecule has 1 fully saturated rings. The van der Waals surface area contributed by atoms with Crippen LogP contribution >= 0.6 is 0 Å². The molecule has 1 amide bonds. The van der Waals surface area contributed by atoms with E-state index in [4.69, 9.17) is 4.74 Å². The molecule has 1 atom stereocenters. The summed E-state index contributed by atoms with van der Waals surface area (Å²) < 4.78 is 72.6. The van der Waals surface area contributed by atoms with Crippen molar-refractivity contribution in [2.75, 3.05) is 24.2 Å². The van der Waals surface area contributed by atoms with Crippen LogP contribution in [0.4, 0.5) is 18.9 Å². The number of halogens is 3. The number of anilines is 1. The van der Waals surface area contributed by atoms with E-state index in [0.717, 1.165) is 29.1 Å². The monoisotopic (exact) mass is 514 g/mol. The van der Waals surface area contributed by atoms with Crippen molar-refractivity contribution >= 4 is 21.6 Å². The minimum absolute atomic E-state index is 0.0403. The molecule has 192 valence electrons. The van der Waals surface area contributed by atoms with Gasteiger partial charge < -0.3 is 14.4 Å². The Bertz CT molecular complexity index is 1180. The summed E-state index contributed by atoms with van der Waals surface area (Å²) in [4.78, 5) is 14.9. The van der Waals surface area contributed by atoms with Crippen LogP contribution < -0.4 is 13.8 Å². The van der Waals surface area contributed by atoms with Crippen molar-refractivity contribution in [3.63, 3.8) is 0 Å². The fraction of sp³-hybridized carbons (Fsp3) is 0.458. The van der Waals surface area contributed by atoms with Gasteiger partial charge in [0.25, 0.3) is 0 Å². The van der Waals surface area contributed by atoms with Gasteiger partial charge in [0.15, 0.2) is 0 Å². The van der Waals surface area contributed by atoms with E-state index >= 15 is 0 Å². The van der Waals surface area contributed by atoms with Gasteiger partial charge in [-0.3, -0.25) is 9.10 Å². The third-order valence-corrected chi connectivity index (χ3v) is 6.86. The van der Waals surface area contributed by atoms with Crippen LogP contribution in [0.15, 0.2) is 42.5 Å². The second-order valence-corrected chi connectivity index (χ2v) is 11.5. The maximum atomic E-state index is 13.1. The maximum absolute atomic E-state index is 13.1. The summed E-state index contributed by atoms with van der Waals surface area (Å²) in [7, 11) is -2.10. The highest BCUT2D eigenvalue weighted by Gasteiger charge is 2.37. The number of alkyl halides is 3. The minimum Gasteiger partial charge on any atom is -0.457 e. The number of hydrogen-bond donors (Lipinski definition) is 0. The van der Waals surface area contributed by atoms with Crippen molar-refractivity contribution < 1.29 is 35.9 Å². The Kier molecular flexibility index (Phi) is 7.31. The summed E-state index contributed by atoms with van der Waals surface area (Å²) in [6.07, 6.45) is -2.29. The molecule has 0 saturated carbocycles. The van der Waals surface area contributed by atoms with E-state index in [1.165, 1.54) is 19.2 Å². The second-order valence-electron chi connectivity index (χ2n) is 9.48. The van der Waals surface area contributed by atoms with Crippen molar-refractivity contribution in [2.45, 2.75) is 46.0 Å². The zero-order valence-electron chi connectivity index (χ0n) is 20.2. The number of nitrogens with zero attached hydrogens (tertiary/aromatic N) is 2. The molecular weight excluding hydrogens is 485 g/mol. The van der Waals surface area contributed by atoms with Gasteiger partial charge in [-0.1, -0.05) is 20.8 Å². The van der Waals surface area contributed by atoms with E-state index in [1.54, 1.807) is 23.1 Å². The van der Waals surface area contributed by atoms with Gasteiger partial charge in [-0.25, -0.2) is 8.42 Å². The van der Waals surface area contributed by atoms with Crippen molar-refractivity contribution in [2.24, 2.45) is 5.41 Å². The average Bonchev–Trinajstić information content (AvgIpc) is 3.21. The van der Waals surface area contributed by atoms with Crippen LogP contribution in [0.5, 0.6) is 17.2 Å². The predicted octanol–water partition coefficient (Wildman–Crippen LogP) is 5.48. The summed E-state index contributed by atoms with van der Waals surface area (Å²) in [5, 5.41) is 0. The van der Waals surface area contributed by atoms with Crippen LogP contribution in [0.3, 0.4) is 0 Å². The number of carbonyl (C=O) groups is 1. The highest BCUT2D eigenvalue weighted by Crippen LogP contribution is 2.42. The molecule has 0 bridgehead atoms. The molecule has 0 aromatic heterocycles. The lowest BCUT2D eigenvalue weighted by molar-refractivity contribution is -0.274. The van der Waals surface area contributed by atoms with Gasteiger partial charge in [0, 0.05) is 24.6 Å². The number of ether oxygens (including phenoxy) is 2. The summed E-state index contributed by atoms with van der Waals surface area (Å²) in [5.74, 6) is 0.213. The SMILES string of the molecule is CN(c1ccc(Oc2ccc(OC(F)(F)F)cc2)c(C2CCCN2C(=O)C(C)(C)C)c1)S(C)(=O)=O. The van der Waals surface area contributed by atoms with E-state index in [2.05, 4.69) is 4.74 Å². The lowest BCUT2D eigenvalue weighted by Gasteiger charge is -2.32. The molecule has 7 nitrogen and oxygen atoms in total. The van der Waals surface area contributed by atoms with E-state index < -0.39 is 21.8 Å². The van der Waals surface area contributed by atoms with Crippen LogP contribution in [0.2, 0.25) is 0 Å². The van der Waals surface area contributed by atoms with Gasteiger partial charge in [-0.2, -0.15) is 0 Å². The normalized spacial score (nSPS) is 16.8. The third-order valence-electron chi connectivity index (χ3n) is 5.65. The molecule has 3 rings (SSSR count). The Morgan fingerprint density at radius 3 is 2.20 bits per heavy atom. The van der Waals surface area contributed by atoms with Gasteiger partial charge >= 0.3 is 6.36 Å². The first kappa shape index (κ1) is 26.7. The number of carbonyl (C=O) groups excluding carboxylic acids is 1. The van der Waals surface area contributed by atoms with E-state index in [-0.39, 0.29) is 23.4 Å². The Hall–Kier alpha value is -2.95. The highest BCUT2D eigenvalue weighted by atomic mass is 32.2. The van der Waals surface area contributed by atoms with Crippen LogP contribution in [0, 0.1) is 5.41 Å². The largest absolute Gasteiger partial charge is 0.573 e. The highest BCUT2D eigenvalue weighted by molar-refractivity contribution is 7.92. The lowest BCUT2D eigenvalue weighted by atomic mass is 9.93. The predicted molar refractivity (Wildman–Crippen MR) is 126 cm³/mol.